The summed E-state index contributed by atoms with van der Waals surface area (Å²) in [5.74, 6) is -1.22. The second kappa shape index (κ2) is 6.94. The molecule has 2 aromatic rings. The van der Waals surface area contributed by atoms with E-state index in [9.17, 15) is 14.7 Å². The molecule has 0 fully saturated rings. The Morgan fingerprint density at radius 1 is 1.29 bits per heavy atom. The maximum atomic E-state index is 12.5. The van der Waals surface area contributed by atoms with Crippen LogP contribution in [0.25, 0.3) is 11.3 Å². The van der Waals surface area contributed by atoms with Crippen LogP contribution < -0.4 is 0 Å². The number of hydrogen-bond donors (Lipinski definition) is 1. The summed E-state index contributed by atoms with van der Waals surface area (Å²) < 4.78 is 6.31. The average molecular weight is 416 g/mol. The number of hydrogen-bond acceptors (Lipinski definition) is 4. The van der Waals surface area contributed by atoms with Gasteiger partial charge in [0.25, 0.3) is 0 Å². The molecular weight excluding hydrogens is 400 g/mol. The first-order valence-corrected chi connectivity index (χ1v) is 8.54. The Hall–Kier alpha value is -1.86. The molecule has 24 heavy (non-hydrogen) atoms. The van der Waals surface area contributed by atoms with Gasteiger partial charge < -0.3 is 9.84 Å². The van der Waals surface area contributed by atoms with Gasteiger partial charge in [0.1, 0.15) is 5.60 Å². The highest BCUT2D eigenvalue weighted by atomic mass is 79.9. The number of rotatable bonds is 3. The summed E-state index contributed by atoms with van der Waals surface area (Å²) in [7, 11) is 0. The molecule has 0 saturated carbocycles. The molecule has 0 radical (unpaired) electrons. The van der Waals surface area contributed by atoms with E-state index < -0.39 is 17.7 Å². The molecule has 0 atom stereocenters. The number of aromatic carboxylic acids is 1. The Kier molecular flexibility index (Phi) is 5.35. The van der Waals surface area contributed by atoms with Gasteiger partial charge in [0.15, 0.2) is 5.69 Å². The SMILES string of the molecule is CC(C)(C)OC(=O)n1nc(C(=O)O)c(CBr)c1-c1ccc(Cl)cc1. The molecule has 1 N–H and O–H groups in total. The third-order valence-electron chi connectivity index (χ3n) is 3.00. The Bertz CT molecular complexity index is 779. The maximum absolute atomic E-state index is 12.5. The molecule has 2 rings (SSSR count). The van der Waals surface area contributed by atoms with E-state index in [2.05, 4.69) is 21.0 Å². The average Bonchev–Trinajstić information content (AvgIpc) is 2.86. The van der Waals surface area contributed by atoms with Crippen molar-refractivity contribution in [3.8, 4) is 11.3 Å². The highest BCUT2D eigenvalue weighted by Gasteiger charge is 2.28. The highest BCUT2D eigenvalue weighted by molar-refractivity contribution is 9.08. The minimum atomic E-state index is -1.22. The summed E-state index contributed by atoms with van der Waals surface area (Å²) in [6.07, 6.45) is -0.748. The number of aromatic nitrogens is 2. The third-order valence-corrected chi connectivity index (χ3v) is 3.82. The van der Waals surface area contributed by atoms with Crippen LogP contribution in [0.1, 0.15) is 36.8 Å². The van der Waals surface area contributed by atoms with Crippen LogP contribution in [-0.4, -0.2) is 32.6 Å². The quantitative estimate of drug-likeness (QED) is 0.742. The predicted molar refractivity (Wildman–Crippen MR) is 93.9 cm³/mol. The van der Waals surface area contributed by atoms with Gasteiger partial charge in [-0.1, -0.05) is 39.7 Å². The number of carboxylic acid groups (broad SMARTS) is 1. The van der Waals surface area contributed by atoms with E-state index in [0.29, 0.717) is 21.8 Å². The molecule has 0 aliphatic heterocycles. The number of halogens is 2. The molecule has 0 aliphatic carbocycles. The summed E-state index contributed by atoms with van der Waals surface area (Å²) in [5, 5.41) is 14.1. The van der Waals surface area contributed by atoms with E-state index in [1.165, 1.54) is 0 Å². The van der Waals surface area contributed by atoms with Crippen LogP contribution in [0.5, 0.6) is 0 Å². The summed E-state index contributed by atoms with van der Waals surface area (Å²) >= 11 is 9.17. The normalized spacial score (nSPS) is 11.4. The van der Waals surface area contributed by atoms with Gasteiger partial charge in [-0.3, -0.25) is 0 Å². The fraction of sp³-hybridized carbons (Fsp3) is 0.312. The van der Waals surface area contributed by atoms with Crippen molar-refractivity contribution in [1.82, 2.24) is 9.78 Å². The lowest BCUT2D eigenvalue weighted by atomic mass is 10.1. The van der Waals surface area contributed by atoms with Crippen molar-refractivity contribution in [2.75, 3.05) is 0 Å². The molecule has 1 aromatic carbocycles. The summed E-state index contributed by atoms with van der Waals surface area (Å²) in [6.45, 7) is 5.17. The molecule has 128 valence electrons. The molecule has 1 heterocycles. The smallest absolute Gasteiger partial charge is 0.435 e. The first-order chi connectivity index (χ1) is 11.1. The molecular formula is C16H16BrClN2O4. The molecule has 0 unspecified atom stereocenters. The van der Waals surface area contributed by atoms with Gasteiger partial charge in [-0.25, -0.2) is 9.59 Å². The standard InChI is InChI=1S/C16H16BrClN2O4/c1-16(2,3)24-15(23)20-13(9-4-6-10(18)7-5-9)11(8-17)12(19-20)14(21)22/h4-7H,8H2,1-3H3,(H,21,22). The molecule has 0 bridgehead atoms. The number of carboxylic acids is 1. The number of ether oxygens (including phenoxy) is 1. The Morgan fingerprint density at radius 3 is 2.33 bits per heavy atom. The van der Waals surface area contributed by atoms with E-state index in [-0.39, 0.29) is 11.0 Å². The van der Waals surface area contributed by atoms with Gasteiger partial charge in [-0.05, 0) is 32.9 Å². The van der Waals surface area contributed by atoms with Crippen LogP contribution in [0.15, 0.2) is 24.3 Å². The van der Waals surface area contributed by atoms with Crippen molar-refractivity contribution in [2.45, 2.75) is 31.7 Å². The maximum Gasteiger partial charge on any atom is 0.435 e. The summed E-state index contributed by atoms with van der Waals surface area (Å²) in [4.78, 5) is 23.9. The van der Waals surface area contributed by atoms with Crippen LogP contribution in [0, 0.1) is 0 Å². The van der Waals surface area contributed by atoms with E-state index in [0.717, 1.165) is 4.68 Å². The second-order valence-corrected chi connectivity index (χ2v) is 7.01. The van der Waals surface area contributed by atoms with Gasteiger partial charge >= 0.3 is 12.1 Å². The van der Waals surface area contributed by atoms with E-state index in [4.69, 9.17) is 16.3 Å². The number of alkyl halides is 1. The van der Waals surface area contributed by atoms with E-state index >= 15 is 0 Å². The van der Waals surface area contributed by atoms with Crippen molar-refractivity contribution < 1.29 is 19.4 Å². The van der Waals surface area contributed by atoms with Crippen molar-refractivity contribution >= 4 is 39.6 Å². The predicted octanol–water partition coefficient (Wildman–Crippen LogP) is 4.58. The Morgan fingerprint density at radius 2 is 1.88 bits per heavy atom. The first-order valence-electron chi connectivity index (χ1n) is 7.04. The van der Waals surface area contributed by atoms with Gasteiger partial charge in [-0.2, -0.15) is 9.78 Å². The van der Waals surface area contributed by atoms with E-state index in [1.807, 2.05) is 0 Å². The highest BCUT2D eigenvalue weighted by Crippen LogP contribution is 2.30. The topological polar surface area (TPSA) is 81.4 Å². The van der Waals surface area contributed by atoms with Gasteiger partial charge in [0.05, 0.1) is 5.69 Å². The molecule has 0 spiro atoms. The lowest BCUT2D eigenvalue weighted by molar-refractivity contribution is 0.0516. The summed E-state index contributed by atoms with van der Waals surface area (Å²) in [5.41, 5.74) is 0.409. The van der Waals surface area contributed by atoms with Crippen molar-refractivity contribution in [3.63, 3.8) is 0 Å². The molecule has 0 saturated heterocycles. The zero-order chi connectivity index (χ0) is 18.1. The fourth-order valence-corrected chi connectivity index (χ4v) is 2.75. The minimum Gasteiger partial charge on any atom is -0.476 e. The third kappa shape index (κ3) is 3.96. The molecule has 1 aromatic heterocycles. The molecule has 0 amide bonds. The lowest BCUT2D eigenvalue weighted by Crippen LogP contribution is -2.28. The summed E-state index contributed by atoms with van der Waals surface area (Å²) in [6, 6.07) is 6.69. The van der Waals surface area contributed by atoms with Crippen LogP contribution in [-0.2, 0) is 10.1 Å². The fourth-order valence-electron chi connectivity index (χ4n) is 2.09. The van der Waals surface area contributed by atoms with Gasteiger partial charge in [0, 0.05) is 21.5 Å². The van der Waals surface area contributed by atoms with Crippen LogP contribution in [0.4, 0.5) is 4.79 Å². The van der Waals surface area contributed by atoms with Crippen LogP contribution >= 0.6 is 27.5 Å². The largest absolute Gasteiger partial charge is 0.476 e. The van der Waals surface area contributed by atoms with Crippen molar-refractivity contribution in [2.24, 2.45) is 0 Å². The van der Waals surface area contributed by atoms with Crippen LogP contribution in [0.2, 0.25) is 5.02 Å². The molecule has 0 aliphatic rings. The van der Waals surface area contributed by atoms with E-state index in [1.54, 1.807) is 45.0 Å². The molecule has 8 heteroatoms. The zero-order valence-electron chi connectivity index (χ0n) is 13.3. The first kappa shape index (κ1) is 18.5. The minimum absolute atomic E-state index is 0.206. The van der Waals surface area contributed by atoms with Crippen molar-refractivity contribution in [3.05, 3.63) is 40.5 Å². The Labute approximate surface area is 152 Å². The zero-order valence-corrected chi connectivity index (χ0v) is 15.7. The molecule has 6 nitrogen and oxygen atoms in total. The lowest BCUT2D eigenvalue weighted by Gasteiger charge is -2.20. The monoisotopic (exact) mass is 414 g/mol. The van der Waals surface area contributed by atoms with Gasteiger partial charge in [0.2, 0.25) is 0 Å². The van der Waals surface area contributed by atoms with Crippen molar-refractivity contribution in [1.29, 1.82) is 0 Å². The second-order valence-electron chi connectivity index (χ2n) is 6.01. The van der Waals surface area contributed by atoms with Crippen LogP contribution in [0.3, 0.4) is 0 Å². The van der Waals surface area contributed by atoms with Gasteiger partial charge in [-0.15, -0.1) is 0 Å². The number of carbonyl (C=O) groups is 2. The Balaban J connectivity index is 2.67. The number of nitrogens with zero attached hydrogens (tertiary/aromatic N) is 2. The number of benzene rings is 1. The number of carbonyl (C=O) groups excluding carboxylic acids is 1.